The minimum Gasteiger partial charge on any atom is -0.493 e. The molecule has 6 heteroatoms. The Kier molecular flexibility index (Phi) is 4.33. The molecule has 0 N–H and O–H groups in total. The Hall–Kier alpha value is -3.15. The van der Waals surface area contributed by atoms with Crippen LogP contribution in [0.25, 0.3) is 11.4 Å². The average Bonchev–Trinajstić information content (AvgIpc) is 3.14. The quantitative estimate of drug-likeness (QED) is 0.651. The number of aromatic nitrogens is 2. The van der Waals surface area contributed by atoms with Crippen molar-refractivity contribution in [1.82, 2.24) is 10.1 Å². The van der Waals surface area contributed by atoms with Gasteiger partial charge in [0.05, 0.1) is 7.11 Å². The Labute approximate surface area is 132 Å². The fourth-order valence-corrected chi connectivity index (χ4v) is 2.16. The van der Waals surface area contributed by atoms with E-state index >= 15 is 0 Å². The number of hydrogen-bond donors (Lipinski definition) is 0. The van der Waals surface area contributed by atoms with Gasteiger partial charge < -0.3 is 14.0 Å². The third kappa shape index (κ3) is 3.21. The number of methoxy groups -OCH3 is 1. The average molecular weight is 310 g/mol. The zero-order valence-electron chi connectivity index (χ0n) is 12.4. The Bertz CT molecular complexity index is 786. The second-order valence-electron chi connectivity index (χ2n) is 4.74. The van der Waals surface area contributed by atoms with Gasteiger partial charge in [0.15, 0.2) is 17.8 Å². The lowest BCUT2D eigenvalue weighted by atomic mass is 10.1. The van der Waals surface area contributed by atoms with Gasteiger partial charge in [-0.15, -0.1) is 0 Å². The number of rotatable bonds is 6. The molecule has 0 amide bonds. The van der Waals surface area contributed by atoms with Gasteiger partial charge in [-0.2, -0.15) is 4.98 Å². The monoisotopic (exact) mass is 310 g/mol. The summed E-state index contributed by atoms with van der Waals surface area (Å²) in [5.41, 5.74) is 1.94. The van der Waals surface area contributed by atoms with E-state index in [0.717, 1.165) is 11.8 Å². The van der Waals surface area contributed by atoms with Crippen molar-refractivity contribution >= 4 is 6.29 Å². The minimum absolute atomic E-state index is 0.319. The summed E-state index contributed by atoms with van der Waals surface area (Å²) in [7, 11) is 1.53. The van der Waals surface area contributed by atoms with E-state index < -0.39 is 0 Å². The lowest BCUT2D eigenvalue weighted by Gasteiger charge is -2.13. The molecule has 6 nitrogen and oxygen atoms in total. The summed E-state index contributed by atoms with van der Waals surface area (Å²) in [5.74, 6) is 1.29. The van der Waals surface area contributed by atoms with E-state index in [1.807, 2.05) is 30.3 Å². The van der Waals surface area contributed by atoms with Gasteiger partial charge in [-0.1, -0.05) is 35.5 Å². The molecular formula is C17H14N2O4. The predicted octanol–water partition coefficient (Wildman–Crippen LogP) is 3.14. The molecule has 116 valence electrons. The van der Waals surface area contributed by atoms with E-state index in [1.54, 1.807) is 12.1 Å². The molecule has 0 aliphatic heterocycles. The number of benzene rings is 2. The van der Waals surface area contributed by atoms with E-state index in [9.17, 15) is 4.79 Å². The molecule has 2 aromatic carbocycles. The number of hydrogen-bond acceptors (Lipinski definition) is 6. The Morgan fingerprint density at radius 3 is 2.65 bits per heavy atom. The second-order valence-corrected chi connectivity index (χ2v) is 4.74. The minimum atomic E-state index is 0.319. The number of carbonyl (C=O) groups is 1. The first-order chi connectivity index (χ1) is 11.3. The molecule has 0 spiro atoms. The van der Waals surface area contributed by atoms with E-state index in [-0.39, 0.29) is 0 Å². The van der Waals surface area contributed by atoms with Crippen molar-refractivity contribution in [3.8, 4) is 22.9 Å². The topological polar surface area (TPSA) is 74.5 Å². The van der Waals surface area contributed by atoms with E-state index in [2.05, 4.69) is 10.1 Å². The summed E-state index contributed by atoms with van der Waals surface area (Å²) in [6.07, 6.45) is 1.93. The molecular weight excluding hydrogens is 296 g/mol. The van der Waals surface area contributed by atoms with Gasteiger partial charge in [0.1, 0.15) is 6.61 Å². The van der Waals surface area contributed by atoms with Crippen LogP contribution in [0.4, 0.5) is 0 Å². The molecule has 0 unspecified atom stereocenters. The van der Waals surface area contributed by atoms with Crippen molar-refractivity contribution in [1.29, 1.82) is 0 Å². The molecule has 23 heavy (non-hydrogen) atoms. The van der Waals surface area contributed by atoms with Crippen LogP contribution in [0.2, 0.25) is 0 Å². The first-order valence-corrected chi connectivity index (χ1v) is 6.92. The van der Waals surface area contributed by atoms with Gasteiger partial charge in [0.2, 0.25) is 12.2 Å². The summed E-state index contributed by atoms with van der Waals surface area (Å²) in [6, 6.07) is 13.0. The van der Waals surface area contributed by atoms with Gasteiger partial charge in [-0.25, -0.2) is 0 Å². The normalized spacial score (nSPS) is 10.3. The maximum atomic E-state index is 11.4. The molecule has 0 aliphatic carbocycles. The lowest BCUT2D eigenvalue weighted by molar-refractivity contribution is 0.112. The highest BCUT2D eigenvalue weighted by atomic mass is 16.5. The number of ether oxygens (including phenoxy) is 2. The largest absolute Gasteiger partial charge is 0.493 e. The van der Waals surface area contributed by atoms with Crippen molar-refractivity contribution in [2.75, 3.05) is 7.11 Å². The van der Waals surface area contributed by atoms with Crippen LogP contribution in [-0.2, 0) is 6.61 Å². The molecule has 0 saturated carbocycles. The van der Waals surface area contributed by atoms with Gasteiger partial charge >= 0.3 is 0 Å². The molecule has 3 aromatic rings. The smallest absolute Gasteiger partial charge is 0.214 e. The van der Waals surface area contributed by atoms with Crippen LogP contribution in [-0.4, -0.2) is 23.5 Å². The predicted molar refractivity (Wildman–Crippen MR) is 82.4 cm³/mol. The molecule has 0 aliphatic rings. The molecule has 1 heterocycles. The molecule has 1 aromatic heterocycles. The van der Waals surface area contributed by atoms with Crippen LogP contribution >= 0.6 is 0 Å². The van der Waals surface area contributed by atoms with E-state index in [4.69, 9.17) is 14.0 Å². The Morgan fingerprint density at radius 1 is 1.17 bits per heavy atom. The van der Waals surface area contributed by atoms with Crippen LogP contribution in [0.1, 0.15) is 15.9 Å². The fourth-order valence-electron chi connectivity index (χ4n) is 2.16. The summed E-state index contributed by atoms with van der Waals surface area (Å²) >= 11 is 0. The summed E-state index contributed by atoms with van der Waals surface area (Å²) in [5, 5.41) is 3.75. The van der Waals surface area contributed by atoms with Crippen molar-refractivity contribution in [2.24, 2.45) is 0 Å². The van der Waals surface area contributed by atoms with E-state index in [0.29, 0.717) is 35.1 Å². The molecule has 0 radical (unpaired) electrons. The van der Waals surface area contributed by atoms with Gasteiger partial charge in [-0.05, 0) is 17.7 Å². The third-order valence-corrected chi connectivity index (χ3v) is 3.30. The van der Waals surface area contributed by atoms with Crippen molar-refractivity contribution < 1.29 is 18.8 Å². The summed E-state index contributed by atoms with van der Waals surface area (Å²) < 4.78 is 15.9. The van der Waals surface area contributed by atoms with Crippen molar-refractivity contribution in [2.45, 2.75) is 6.61 Å². The van der Waals surface area contributed by atoms with Crippen LogP contribution < -0.4 is 9.47 Å². The first-order valence-electron chi connectivity index (χ1n) is 6.92. The molecule has 3 rings (SSSR count). The fraction of sp³-hybridized carbons (Fsp3) is 0.118. The molecule has 0 atom stereocenters. The Morgan fingerprint density at radius 2 is 2.00 bits per heavy atom. The van der Waals surface area contributed by atoms with Crippen LogP contribution in [0.5, 0.6) is 11.5 Å². The number of aldehydes is 1. The maximum absolute atomic E-state index is 11.4. The first kappa shape index (κ1) is 14.8. The molecule has 0 saturated heterocycles. The highest BCUT2D eigenvalue weighted by Crippen LogP contribution is 2.34. The lowest BCUT2D eigenvalue weighted by Crippen LogP contribution is -2.00. The maximum Gasteiger partial charge on any atom is 0.214 e. The number of carbonyl (C=O) groups excluding carboxylic acids is 1. The zero-order valence-corrected chi connectivity index (χ0v) is 12.4. The SMILES string of the molecule is COc1cc(-c2ncon2)c(C=O)cc1OCc1ccccc1. The molecule has 0 fully saturated rings. The molecule has 0 bridgehead atoms. The highest BCUT2D eigenvalue weighted by Gasteiger charge is 2.15. The second kappa shape index (κ2) is 6.74. The van der Waals surface area contributed by atoms with Crippen molar-refractivity contribution in [3.05, 3.63) is 60.0 Å². The third-order valence-electron chi connectivity index (χ3n) is 3.30. The van der Waals surface area contributed by atoms with Crippen LogP contribution in [0, 0.1) is 0 Å². The van der Waals surface area contributed by atoms with Crippen LogP contribution in [0.3, 0.4) is 0 Å². The van der Waals surface area contributed by atoms with Gasteiger partial charge in [-0.3, -0.25) is 4.79 Å². The standard InChI is InChI=1S/C17H14N2O4/c1-21-15-8-14(17-18-11-23-19-17)13(9-20)7-16(15)22-10-12-5-3-2-4-6-12/h2-9,11H,10H2,1H3. The van der Waals surface area contributed by atoms with E-state index in [1.165, 1.54) is 13.5 Å². The van der Waals surface area contributed by atoms with Gasteiger partial charge in [0, 0.05) is 11.1 Å². The number of nitrogens with zero attached hydrogens (tertiary/aromatic N) is 2. The van der Waals surface area contributed by atoms with Crippen LogP contribution in [0.15, 0.2) is 53.4 Å². The summed E-state index contributed by atoms with van der Waals surface area (Å²) in [4.78, 5) is 15.3. The van der Waals surface area contributed by atoms with Gasteiger partial charge in [0.25, 0.3) is 0 Å². The Balaban J connectivity index is 1.92. The summed E-state index contributed by atoms with van der Waals surface area (Å²) in [6.45, 7) is 0.372. The van der Waals surface area contributed by atoms with Crippen molar-refractivity contribution in [3.63, 3.8) is 0 Å². The highest BCUT2D eigenvalue weighted by molar-refractivity contribution is 5.87. The zero-order chi connectivity index (χ0) is 16.1.